The van der Waals surface area contributed by atoms with E-state index in [2.05, 4.69) is 55.1 Å². The number of nitrogens with one attached hydrogen (secondary N) is 1. The summed E-state index contributed by atoms with van der Waals surface area (Å²) in [5.74, 6) is 0.0205. The van der Waals surface area contributed by atoms with Crippen molar-refractivity contribution in [3.8, 4) is 0 Å². The highest BCUT2D eigenvalue weighted by Gasteiger charge is 2.31. The van der Waals surface area contributed by atoms with E-state index >= 15 is 0 Å². The molecular weight excluding hydrogens is 416 g/mol. The molecule has 128 valence electrons. The SMILES string of the molecule is O=C(CN1CCc2sccc2[C@H]1c1cccs1)Nc1ccccc1Br. The quantitative estimate of drug-likeness (QED) is 0.617. The number of anilines is 1. The predicted octanol–water partition coefficient (Wildman–Crippen LogP) is 5.16. The zero-order valence-corrected chi connectivity index (χ0v) is 16.7. The van der Waals surface area contributed by atoms with E-state index in [4.69, 9.17) is 0 Å². The van der Waals surface area contributed by atoms with Crippen molar-refractivity contribution in [2.75, 3.05) is 18.4 Å². The highest BCUT2D eigenvalue weighted by Crippen LogP contribution is 2.39. The van der Waals surface area contributed by atoms with Crippen LogP contribution in [0, 0.1) is 0 Å². The molecule has 0 aliphatic carbocycles. The molecule has 0 fully saturated rings. The van der Waals surface area contributed by atoms with Crippen molar-refractivity contribution in [3.63, 3.8) is 0 Å². The number of benzene rings is 1. The molecule has 1 aliphatic heterocycles. The van der Waals surface area contributed by atoms with Gasteiger partial charge in [0.25, 0.3) is 0 Å². The third-order valence-corrected chi connectivity index (χ3v) is 6.99. The number of halogens is 1. The van der Waals surface area contributed by atoms with Crippen molar-refractivity contribution in [2.45, 2.75) is 12.5 Å². The zero-order valence-electron chi connectivity index (χ0n) is 13.4. The van der Waals surface area contributed by atoms with Crippen molar-refractivity contribution < 1.29 is 4.79 Å². The number of fused-ring (bicyclic) bond motifs is 1. The second-order valence-electron chi connectivity index (χ2n) is 5.97. The van der Waals surface area contributed by atoms with Gasteiger partial charge in [-0.3, -0.25) is 9.69 Å². The van der Waals surface area contributed by atoms with E-state index < -0.39 is 0 Å². The van der Waals surface area contributed by atoms with Crippen LogP contribution in [0.15, 0.2) is 57.7 Å². The lowest BCUT2D eigenvalue weighted by atomic mass is 9.98. The van der Waals surface area contributed by atoms with Gasteiger partial charge in [-0.25, -0.2) is 0 Å². The zero-order chi connectivity index (χ0) is 17.2. The van der Waals surface area contributed by atoms with Crippen LogP contribution >= 0.6 is 38.6 Å². The van der Waals surface area contributed by atoms with Gasteiger partial charge >= 0.3 is 0 Å². The standard InChI is InChI=1S/C19H17BrN2OS2/c20-14-4-1-2-5-15(14)21-18(23)12-22-9-7-16-13(8-11-25-16)19(22)17-6-3-10-24-17/h1-6,8,10-11,19H,7,9,12H2,(H,21,23)/t19-/m0/s1. The summed E-state index contributed by atoms with van der Waals surface area (Å²) in [5.41, 5.74) is 2.17. The minimum Gasteiger partial charge on any atom is -0.324 e. The molecule has 1 atom stereocenters. The van der Waals surface area contributed by atoms with Crippen LogP contribution in [0.4, 0.5) is 5.69 Å². The highest BCUT2D eigenvalue weighted by molar-refractivity contribution is 9.10. The number of hydrogen-bond donors (Lipinski definition) is 1. The molecule has 0 bridgehead atoms. The average Bonchev–Trinajstić information content (AvgIpc) is 3.28. The van der Waals surface area contributed by atoms with Gasteiger partial charge in [0, 0.05) is 20.8 Å². The summed E-state index contributed by atoms with van der Waals surface area (Å²) in [5, 5.41) is 7.29. The molecule has 3 nitrogen and oxygen atoms in total. The summed E-state index contributed by atoms with van der Waals surface area (Å²) < 4.78 is 0.900. The summed E-state index contributed by atoms with van der Waals surface area (Å²) in [6.07, 6.45) is 1.01. The number of rotatable bonds is 4. The van der Waals surface area contributed by atoms with Gasteiger partial charge in [0.1, 0.15) is 0 Å². The molecule has 0 saturated heterocycles. The van der Waals surface area contributed by atoms with E-state index in [0.29, 0.717) is 6.54 Å². The molecule has 0 saturated carbocycles. The predicted molar refractivity (Wildman–Crippen MR) is 109 cm³/mol. The highest BCUT2D eigenvalue weighted by atomic mass is 79.9. The van der Waals surface area contributed by atoms with Crippen LogP contribution in [0.25, 0.3) is 0 Å². The first kappa shape index (κ1) is 17.0. The molecule has 2 aromatic heterocycles. The molecule has 0 spiro atoms. The number of amides is 1. The van der Waals surface area contributed by atoms with Gasteiger partial charge in [0.15, 0.2) is 0 Å². The normalized spacial score (nSPS) is 17.2. The van der Waals surface area contributed by atoms with E-state index in [1.807, 2.05) is 35.6 Å². The summed E-state index contributed by atoms with van der Waals surface area (Å²) >= 11 is 7.06. The number of nitrogens with zero attached hydrogens (tertiary/aromatic N) is 1. The monoisotopic (exact) mass is 432 g/mol. The maximum atomic E-state index is 12.6. The average molecular weight is 433 g/mol. The molecule has 1 amide bonds. The first-order valence-corrected chi connectivity index (χ1v) is 10.7. The summed E-state index contributed by atoms with van der Waals surface area (Å²) in [4.78, 5) is 17.7. The maximum absolute atomic E-state index is 12.6. The molecule has 25 heavy (non-hydrogen) atoms. The number of para-hydroxylation sites is 1. The van der Waals surface area contributed by atoms with Gasteiger partial charge < -0.3 is 5.32 Å². The van der Waals surface area contributed by atoms with E-state index in [-0.39, 0.29) is 11.9 Å². The third-order valence-electron chi connectivity index (χ3n) is 4.37. The fraction of sp³-hybridized carbons (Fsp3) is 0.211. The van der Waals surface area contributed by atoms with Gasteiger partial charge in [-0.05, 0) is 62.9 Å². The number of carbonyl (C=O) groups excluding carboxylic acids is 1. The number of carbonyl (C=O) groups is 1. The summed E-state index contributed by atoms with van der Waals surface area (Å²) in [7, 11) is 0. The van der Waals surface area contributed by atoms with E-state index in [1.165, 1.54) is 15.3 Å². The Balaban J connectivity index is 1.55. The summed E-state index contributed by atoms with van der Waals surface area (Å²) in [6, 6.07) is 14.3. The van der Waals surface area contributed by atoms with Crippen LogP contribution in [0.2, 0.25) is 0 Å². The Kier molecular flexibility index (Phi) is 5.03. The lowest BCUT2D eigenvalue weighted by molar-refractivity contribution is -0.117. The lowest BCUT2D eigenvalue weighted by Crippen LogP contribution is -2.40. The van der Waals surface area contributed by atoms with Crippen LogP contribution in [0.5, 0.6) is 0 Å². The molecule has 6 heteroatoms. The van der Waals surface area contributed by atoms with Crippen LogP contribution in [-0.2, 0) is 11.2 Å². The first-order valence-electron chi connectivity index (χ1n) is 8.10. The Bertz CT molecular complexity index is 875. The van der Waals surface area contributed by atoms with Crippen molar-refractivity contribution >= 4 is 50.2 Å². The van der Waals surface area contributed by atoms with Gasteiger partial charge in [0.05, 0.1) is 18.3 Å². The Labute approximate surface area is 163 Å². The van der Waals surface area contributed by atoms with Crippen LogP contribution in [0.3, 0.4) is 0 Å². The minimum atomic E-state index is 0.0205. The largest absolute Gasteiger partial charge is 0.324 e. The van der Waals surface area contributed by atoms with Gasteiger partial charge in [-0.15, -0.1) is 22.7 Å². The molecule has 3 aromatic rings. The molecule has 1 N–H and O–H groups in total. The van der Waals surface area contributed by atoms with Gasteiger partial charge in [0.2, 0.25) is 5.91 Å². The van der Waals surface area contributed by atoms with E-state index in [9.17, 15) is 4.79 Å². The molecular formula is C19H17BrN2OS2. The molecule has 0 unspecified atom stereocenters. The van der Waals surface area contributed by atoms with E-state index in [1.54, 1.807) is 11.3 Å². The number of hydrogen-bond acceptors (Lipinski definition) is 4. The lowest BCUT2D eigenvalue weighted by Gasteiger charge is -2.34. The first-order chi connectivity index (χ1) is 12.2. The molecule has 4 rings (SSSR count). The van der Waals surface area contributed by atoms with Crippen molar-refractivity contribution in [1.82, 2.24) is 4.90 Å². The van der Waals surface area contributed by atoms with Crippen molar-refractivity contribution in [2.24, 2.45) is 0 Å². The topological polar surface area (TPSA) is 32.3 Å². The van der Waals surface area contributed by atoms with Crippen molar-refractivity contribution in [3.05, 3.63) is 73.0 Å². The van der Waals surface area contributed by atoms with Gasteiger partial charge in [-0.2, -0.15) is 0 Å². The molecule has 3 heterocycles. The van der Waals surface area contributed by atoms with Gasteiger partial charge in [-0.1, -0.05) is 18.2 Å². The second kappa shape index (κ2) is 7.41. The summed E-state index contributed by atoms with van der Waals surface area (Å²) in [6.45, 7) is 1.29. The number of thiophene rings is 2. The smallest absolute Gasteiger partial charge is 0.238 e. The Hall–Kier alpha value is -1.47. The Morgan fingerprint density at radius 1 is 1.16 bits per heavy atom. The van der Waals surface area contributed by atoms with Crippen LogP contribution < -0.4 is 5.32 Å². The van der Waals surface area contributed by atoms with E-state index in [0.717, 1.165) is 23.1 Å². The fourth-order valence-electron chi connectivity index (χ4n) is 3.26. The Morgan fingerprint density at radius 2 is 2.04 bits per heavy atom. The fourth-order valence-corrected chi connectivity index (χ4v) is 5.42. The minimum absolute atomic E-state index is 0.0205. The maximum Gasteiger partial charge on any atom is 0.238 e. The second-order valence-corrected chi connectivity index (χ2v) is 8.80. The molecule has 1 aromatic carbocycles. The van der Waals surface area contributed by atoms with Crippen LogP contribution in [0.1, 0.15) is 21.4 Å². The van der Waals surface area contributed by atoms with Crippen molar-refractivity contribution in [1.29, 1.82) is 0 Å². The molecule has 0 radical (unpaired) electrons. The molecule has 1 aliphatic rings. The van der Waals surface area contributed by atoms with Crippen LogP contribution in [-0.4, -0.2) is 23.9 Å². The Morgan fingerprint density at radius 3 is 2.84 bits per heavy atom. The third kappa shape index (κ3) is 3.58.